The number of nitrogens with one attached hydrogen (secondary N) is 1. The lowest BCUT2D eigenvalue weighted by molar-refractivity contribution is 0.140. The predicted molar refractivity (Wildman–Crippen MR) is 59.6 cm³/mol. The van der Waals surface area contributed by atoms with Crippen LogP contribution in [0.3, 0.4) is 0 Å². The fraction of sp³-hybridized carbons (Fsp3) is 0.300. The SMILES string of the molecule is COc1cc(Br)c(C2CNC(=O)O2)cc1O. The van der Waals surface area contributed by atoms with Crippen molar-refractivity contribution in [1.82, 2.24) is 5.32 Å². The van der Waals surface area contributed by atoms with Gasteiger partial charge in [0.05, 0.1) is 13.7 Å². The molecule has 0 aliphatic carbocycles. The molecule has 0 spiro atoms. The first-order valence-corrected chi connectivity index (χ1v) is 5.42. The second-order valence-electron chi connectivity index (χ2n) is 3.32. The van der Waals surface area contributed by atoms with Gasteiger partial charge in [0.15, 0.2) is 11.5 Å². The van der Waals surface area contributed by atoms with Crippen LogP contribution >= 0.6 is 15.9 Å². The second-order valence-corrected chi connectivity index (χ2v) is 4.17. The summed E-state index contributed by atoms with van der Waals surface area (Å²) in [6.45, 7) is 0.392. The Hall–Kier alpha value is -1.43. The van der Waals surface area contributed by atoms with Crippen molar-refractivity contribution in [2.75, 3.05) is 13.7 Å². The number of carbonyl (C=O) groups is 1. The molecular weight excluding hydrogens is 278 g/mol. The van der Waals surface area contributed by atoms with Crippen molar-refractivity contribution >= 4 is 22.0 Å². The standard InChI is InChI=1S/C10H10BrNO4/c1-15-8-3-6(11)5(2-7(8)13)9-4-12-10(14)16-9/h2-3,9,13H,4H2,1H3,(H,12,14). The number of hydrogen-bond donors (Lipinski definition) is 2. The Bertz CT molecular complexity index is 435. The largest absolute Gasteiger partial charge is 0.504 e. The Morgan fingerprint density at radius 1 is 1.62 bits per heavy atom. The van der Waals surface area contributed by atoms with Crippen LogP contribution in [-0.4, -0.2) is 24.9 Å². The third kappa shape index (κ3) is 1.92. The molecule has 1 amide bonds. The minimum Gasteiger partial charge on any atom is -0.504 e. The lowest BCUT2D eigenvalue weighted by Crippen LogP contribution is -2.12. The zero-order valence-corrected chi connectivity index (χ0v) is 10.1. The van der Waals surface area contributed by atoms with Gasteiger partial charge >= 0.3 is 6.09 Å². The molecule has 0 bridgehead atoms. The van der Waals surface area contributed by atoms with E-state index in [2.05, 4.69) is 21.2 Å². The summed E-state index contributed by atoms with van der Waals surface area (Å²) in [5.41, 5.74) is 0.705. The number of phenols is 1. The van der Waals surface area contributed by atoms with Gasteiger partial charge < -0.3 is 19.9 Å². The molecule has 1 aliphatic rings. The molecule has 1 heterocycles. The van der Waals surface area contributed by atoms with Gasteiger partial charge in [-0.3, -0.25) is 0 Å². The van der Waals surface area contributed by atoms with Crippen molar-refractivity contribution < 1.29 is 19.4 Å². The molecule has 1 aromatic rings. The second kappa shape index (κ2) is 4.21. The average Bonchev–Trinajstić information content (AvgIpc) is 2.67. The van der Waals surface area contributed by atoms with Gasteiger partial charge in [0.2, 0.25) is 0 Å². The molecule has 1 unspecified atom stereocenters. The number of ether oxygens (including phenoxy) is 2. The number of hydrogen-bond acceptors (Lipinski definition) is 4. The van der Waals surface area contributed by atoms with Crippen molar-refractivity contribution in [3.8, 4) is 11.5 Å². The number of rotatable bonds is 2. The first-order valence-electron chi connectivity index (χ1n) is 4.62. The van der Waals surface area contributed by atoms with Gasteiger partial charge in [-0.05, 0) is 12.1 Å². The highest BCUT2D eigenvalue weighted by molar-refractivity contribution is 9.10. The number of cyclic esters (lactones) is 1. The third-order valence-corrected chi connectivity index (χ3v) is 3.01. The number of phenolic OH excluding ortho intramolecular Hbond substituents is 1. The first kappa shape index (κ1) is 11.1. The molecule has 86 valence electrons. The molecule has 2 N–H and O–H groups in total. The number of aromatic hydroxyl groups is 1. The highest BCUT2D eigenvalue weighted by Crippen LogP contribution is 2.37. The van der Waals surface area contributed by atoms with E-state index < -0.39 is 12.2 Å². The normalized spacial score (nSPS) is 19.1. The summed E-state index contributed by atoms with van der Waals surface area (Å²) in [6.07, 6.45) is -0.842. The van der Waals surface area contributed by atoms with Gasteiger partial charge in [0.25, 0.3) is 0 Å². The van der Waals surface area contributed by atoms with Crippen LogP contribution in [0, 0.1) is 0 Å². The Morgan fingerprint density at radius 3 is 2.94 bits per heavy atom. The predicted octanol–water partition coefficient (Wildman–Crippen LogP) is 1.94. The van der Waals surface area contributed by atoms with E-state index in [1.54, 1.807) is 6.07 Å². The van der Waals surface area contributed by atoms with Crippen LogP contribution in [0.2, 0.25) is 0 Å². The molecule has 6 heteroatoms. The van der Waals surface area contributed by atoms with Gasteiger partial charge in [-0.1, -0.05) is 15.9 Å². The molecule has 5 nitrogen and oxygen atoms in total. The fourth-order valence-electron chi connectivity index (χ4n) is 1.53. The molecule has 16 heavy (non-hydrogen) atoms. The van der Waals surface area contributed by atoms with E-state index in [0.717, 1.165) is 4.47 Å². The zero-order valence-electron chi connectivity index (χ0n) is 8.49. The zero-order chi connectivity index (χ0) is 11.7. The topological polar surface area (TPSA) is 67.8 Å². The van der Waals surface area contributed by atoms with E-state index in [1.807, 2.05) is 0 Å². The van der Waals surface area contributed by atoms with E-state index in [1.165, 1.54) is 13.2 Å². The Morgan fingerprint density at radius 2 is 2.38 bits per heavy atom. The summed E-state index contributed by atoms with van der Waals surface area (Å²) in [4.78, 5) is 10.9. The summed E-state index contributed by atoms with van der Waals surface area (Å²) >= 11 is 3.34. The van der Waals surface area contributed by atoms with Gasteiger partial charge in [-0.25, -0.2) is 4.79 Å². The molecule has 1 saturated heterocycles. The maximum atomic E-state index is 10.9. The smallest absolute Gasteiger partial charge is 0.407 e. The van der Waals surface area contributed by atoms with Crippen LogP contribution in [-0.2, 0) is 4.74 Å². The highest BCUT2D eigenvalue weighted by Gasteiger charge is 2.27. The van der Waals surface area contributed by atoms with Crippen LogP contribution in [0.5, 0.6) is 11.5 Å². The third-order valence-electron chi connectivity index (χ3n) is 2.33. The first-order chi connectivity index (χ1) is 7.61. The van der Waals surface area contributed by atoms with E-state index in [-0.39, 0.29) is 5.75 Å². The summed E-state index contributed by atoms with van der Waals surface area (Å²) in [5.74, 6) is 0.386. The van der Waals surface area contributed by atoms with Gasteiger partial charge in [-0.2, -0.15) is 0 Å². The van der Waals surface area contributed by atoms with Crippen LogP contribution in [0.15, 0.2) is 16.6 Å². The minimum absolute atomic E-state index is 0.0173. The molecule has 1 aliphatic heterocycles. The fourth-order valence-corrected chi connectivity index (χ4v) is 2.11. The highest BCUT2D eigenvalue weighted by atomic mass is 79.9. The van der Waals surface area contributed by atoms with Gasteiger partial charge in [-0.15, -0.1) is 0 Å². The number of alkyl carbamates (subject to hydrolysis) is 1. The van der Waals surface area contributed by atoms with Crippen LogP contribution in [0.1, 0.15) is 11.7 Å². The molecule has 1 fully saturated rings. The lowest BCUT2D eigenvalue weighted by Gasteiger charge is -2.12. The Balaban J connectivity index is 2.34. The van der Waals surface area contributed by atoms with E-state index in [4.69, 9.17) is 9.47 Å². The van der Waals surface area contributed by atoms with Crippen molar-refractivity contribution in [3.05, 3.63) is 22.2 Å². The Labute approximate surface area is 100 Å². The molecule has 2 rings (SSSR count). The number of benzene rings is 1. The Kier molecular flexibility index (Phi) is 2.91. The number of amides is 1. The number of carbonyl (C=O) groups excluding carboxylic acids is 1. The minimum atomic E-state index is -0.452. The summed E-state index contributed by atoms with van der Waals surface area (Å²) in [7, 11) is 1.47. The number of halogens is 1. The summed E-state index contributed by atoms with van der Waals surface area (Å²) < 4.78 is 10.7. The quantitative estimate of drug-likeness (QED) is 0.872. The van der Waals surface area contributed by atoms with E-state index in [0.29, 0.717) is 17.9 Å². The molecule has 0 saturated carbocycles. The molecular formula is C10H10BrNO4. The lowest BCUT2D eigenvalue weighted by atomic mass is 10.1. The van der Waals surface area contributed by atoms with Crippen LogP contribution < -0.4 is 10.1 Å². The monoisotopic (exact) mass is 287 g/mol. The van der Waals surface area contributed by atoms with E-state index in [9.17, 15) is 9.90 Å². The van der Waals surface area contributed by atoms with Crippen molar-refractivity contribution in [1.29, 1.82) is 0 Å². The molecule has 1 aromatic carbocycles. The van der Waals surface area contributed by atoms with Crippen LogP contribution in [0.4, 0.5) is 4.79 Å². The van der Waals surface area contributed by atoms with Gasteiger partial charge in [0, 0.05) is 10.0 Å². The van der Waals surface area contributed by atoms with E-state index >= 15 is 0 Å². The molecule has 0 aromatic heterocycles. The maximum Gasteiger partial charge on any atom is 0.407 e. The van der Waals surface area contributed by atoms with Crippen molar-refractivity contribution in [2.45, 2.75) is 6.10 Å². The molecule has 1 atom stereocenters. The van der Waals surface area contributed by atoms with Crippen molar-refractivity contribution in [2.24, 2.45) is 0 Å². The average molecular weight is 288 g/mol. The van der Waals surface area contributed by atoms with Gasteiger partial charge in [0.1, 0.15) is 6.10 Å². The summed E-state index contributed by atoms with van der Waals surface area (Å²) in [6, 6.07) is 3.16. The molecule has 0 radical (unpaired) electrons. The summed E-state index contributed by atoms with van der Waals surface area (Å²) in [5, 5.41) is 12.2. The number of methoxy groups -OCH3 is 1. The van der Waals surface area contributed by atoms with Crippen LogP contribution in [0.25, 0.3) is 0 Å². The van der Waals surface area contributed by atoms with Crippen molar-refractivity contribution in [3.63, 3.8) is 0 Å². The maximum absolute atomic E-state index is 10.9.